The zero-order valence-corrected chi connectivity index (χ0v) is 13.7. The number of nitrogens with one attached hydrogen (secondary N) is 1. The van der Waals surface area contributed by atoms with Crippen molar-refractivity contribution in [3.05, 3.63) is 58.1 Å². The third-order valence-electron chi connectivity index (χ3n) is 2.93. The third-order valence-corrected chi connectivity index (χ3v) is 3.46. The van der Waals surface area contributed by atoms with Crippen LogP contribution in [0.4, 0.5) is 0 Å². The van der Waals surface area contributed by atoms with Crippen molar-refractivity contribution < 1.29 is 4.74 Å². The predicted molar refractivity (Wildman–Crippen MR) is 89.5 cm³/mol. The van der Waals surface area contributed by atoms with Crippen molar-refractivity contribution >= 4 is 23.2 Å². The summed E-state index contributed by atoms with van der Waals surface area (Å²) in [5.41, 5.74) is 1.23. The van der Waals surface area contributed by atoms with Gasteiger partial charge in [0, 0.05) is 11.6 Å². The van der Waals surface area contributed by atoms with E-state index in [2.05, 4.69) is 19.2 Å². The first-order chi connectivity index (χ1) is 10.0. The van der Waals surface area contributed by atoms with Gasteiger partial charge in [0.05, 0.1) is 5.02 Å². The van der Waals surface area contributed by atoms with E-state index in [-0.39, 0.29) is 0 Å². The van der Waals surface area contributed by atoms with Crippen molar-refractivity contribution in [1.82, 2.24) is 5.32 Å². The summed E-state index contributed by atoms with van der Waals surface area (Å²) in [4.78, 5) is 0. The summed E-state index contributed by atoms with van der Waals surface area (Å²) < 4.78 is 5.75. The van der Waals surface area contributed by atoms with Gasteiger partial charge in [0.15, 0.2) is 0 Å². The highest BCUT2D eigenvalue weighted by Crippen LogP contribution is 2.31. The molecule has 21 heavy (non-hydrogen) atoms. The molecule has 4 heteroatoms. The summed E-state index contributed by atoms with van der Waals surface area (Å²) >= 11 is 12.0. The van der Waals surface area contributed by atoms with Crippen LogP contribution in [0.5, 0.6) is 11.5 Å². The molecule has 0 spiro atoms. The van der Waals surface area contributed by atoms with Crippen molar-refractivity contribution in [3.8, 4) is 11.5 Å². The lowest BCUT2D eigenvalue weighted by molar-refractivity contribution is 0.482. The van der Waals surface area contributed by atoms with Crippen molar-refractivity contribution in [1.29, 1.82) is 0 Å². The molecule has 0 aliphatic carbocycles. The van der Waals surface area contributed by atoms with E-state index in [1.165, 1.54) is 5.56 Å². The second-order valence-electron chi connectivity index (χ2n) is 5.35. The normalized spacial score (nSPS) is 10.9. The van der Waals surface area contributed by atoms with Crippen LogP contribution >= 0.6 is 23.2 Å². The Morgan fingerprint density at radius 1 is 1.05 bits per heavy atom. The van der Waals surface area contributed by atoms with Gasteiger partial charge in [-0.2, -0.15) is 0 Å². The maximum absolute atomic E-state index is 6.09. The zero-order chi connectivity index (χ0) is 15.2. The Kier molecular flexibility index (Phi) is 5.92. The SMILES string of the molecule is CC(C)CNCc1ccc(Oc2ccc(Cl)cc2Cl)cc1. The molecule has 2 aromatic rings. The lowest BCUT2D eigenvalue weighted by Crippen LogP contribution is -2.18. The molecule has 0 aliphatic rings. The summed E-state index contributed by atoms with van der Waals surface area (Å²) in [6.45, 7) is 6.26. The summed E-state index contributed by atoms with van der Waals surface area (Å²) in [5.74, 6) is 2.01. The molecule has 0 atom stereocenters. The van der Waals surface area contributed by atoms with Gasteiger partial charge < -0.3 is 10.1 Å². The fraction of sp³-hybridized carbons (Fsp3) is 0.294. The number of halogens is 2. The summed E-state index contributed by atoms with van der Waals surface area (Å²) in [6, 6.07) is 13.2. The van der Waals surface area contributed by atoms with E-state index in [9.17, 15) is 0 Å². The zero-order valence-electron chi connectivity index (χ0n) is 12.2. The lowest BCUT2D eigenvalue weighted by atomic mass is 10.2. The molecule has 0 amide bonds. The standard InChI is InChI=1S/C17H19Cl2NO/c1-12(2)10-20-11-13-3-6-15(7-4-13)21-17-8-5-14(18)9-16(17)19/h3-9,12,20H,10-11H2,1-2H3. The van der Waals surface area contributed by atoms with Gasteiger partial charge >= 0.3 is 0 Å². The van der Waals surface area contributed by atoms with E-state index in [1.807, 2.05) is 24.3 Å². The van der Waals surface area contributed by atoms with Gasteiger partial charge in [-0.3, -0.25) is 0 Å². The second-order valence-corrected chi connectivity index (χ2v) is 6.19. The number of ether oxygens (including phenoxy) is 1. The molecule has 0 heterocycles. The molecule has 0 saturated carbocycles. The van der Waals surface area contributed by atoms with Gasteiger partial charge in [-0.1, -0.05) is 49.2 Å². The Morgan fingerprint density at radius 2 is 1.76 bits per heavy atom. The van der Waals surface area contributed by atoms with Crippen molar-refractivity contribution in [2.75, 3.05) is 6.54 Å². The molecule has 0 aromatic heterocycles. The topological polar surface area (TPSA) is 21.3 Å². The number of rotatable bonds is 6. The Bertz CT molecular complexity index is 582. The molecule has 0 aliphatic heterocycles. The van der Waals surface area contributed by atoms with Crippen molar-refractivity contribution in [2.45, 2.75) is 20.4 Å². The van der Waals surface area contributed by atoms with Crippen molar-refractivity contribution in [3.63, 3.8) is 0 Å². The maximum Gasteiger partial charge on any atom is 0.146 e. The molecule has 112 valence electrons. The Morgan fingerprint density at radius 3 is 2.38 bits per heavy atom. The highest BCUT2D eigenvalue weighted by molar-refractivity contribution is 6.35. The maximum atomic E-state index is 6.09. The number of hydrogen-bond acceptors (Lipinski definition) is 2. The second kappa shape index (κ2) is 7.69. The fourth-order valence-electron chi connectivity index (χ4n) is 1.87. The van der Waals surface area contributed by atoms with Crippen LogP contribution < -0.4 is 10.1 Å². The Balaban J connectivity index is 1.95. The molecule has 0 radical (unpaired) electrons. The van der Waals surface area contributed by atoms with E-state index in [1.54, 1.807) is 18.2 Å². The van der Waals surface area contributed by atoms with E-state index < -0.39 is 0 Å². The quantitative estimate of drug-likeness (QED) is 0.754. The Hall–Kier alpha value is -1.22. The average molecular weight is 324 g/mol. The van der Waals surface area contributed by atoms with Crippen LogP contribution in [0.15, 0.2) is 42.5 Å². The smallest absolute Gasteiger partial charge is 0.146 e. The molecule has 2 aromatic carbocycles. The molecule has 2 nitrogen and oxygen atoms in total. The van der Waals surface area contributed by atoms with Gasteiger partial charge in [-0.15, -0.1) is 0 Å². The van der Waals surface area contributed by atoms with E-state index >= 15 is 0 Å². The highest BCUT2D eigenvalue weighted by Gasteiger charge is 2.04. The average Bonchev–Trinajstić information content (AvgIpc) is 2.43. The van der Waals surface area contributed by atoms with E-state index in [0.29, 0.717) is 21.7 Å². The Labute approximate surface area is 136 Å². The molecule has 0 bridgehead atoms. The number of benzene rings is 2. The van der Waals surface area contributed by atoms with Crippen LogP contribution in [-0.2, 0) is 6.54 Å². The molecular weight excluding hydrogens is 305 g/mol. The first-order valence-corrected chi connectivity index (χ1v) is 7.73. The van der Waals surface area contributed by atoms with Crippen LogP contribution in [0.3, 0.4) is 0 Å². The molecule has 0 unspecified atom stereocenters. The minimum absolute atomic E-state index is 0.505. The minimum Gasteiger partial charge on any atom is -0.456 e. The van der Waals surface area contributed by atoms with Gasteiger partial charge in [-0.25, -0.2) is 0 Å². The first-order valence-electron chi connectivity index (χ1n) is 6.97. The van der Waals surface area contributed by atoms with Crippen LogP contribution in [0, 0.1) is 5.92 Å². The largest absolute Gasteiger partial charge is 0.456 e. The summed E-state index contributed by atoms with van der Waals surface area (Å²) in [6.07, 6.45) is 0. The number of hydrogen-bond donors (Lipinski definition) is 1. The summed E-state index contributed by atoms with van der Waals surface area (Å²) in [5, 5.41) is 4.51. The van der Waals surface area contributed by atoms with Crippen LogP contribution in [0.2, 0.25) is 10.0 Å². The minimum atomic E-state index is 0.505. The van der Waals surface area contributed by atoms with E-state index in [0.717, 1.165) is 18.8 Å². The van der Waals surface area contributed by atoms with Crippen LogP contribution in [0.25, 0.3) is 0 Å². The monoisotopic (exact) mass is 323 g/mol. The lowest BCUT2D eigenvalue weighted by Gasteiger charge is -2.10. The predicted octanol–water partition coefficient (Wildman–Crippen LogP) is 5.53. The highest BCUT2D eigenvalue weighted by atomic mass is 35.5. The van der Waals surface area contributed by atoms with E-state index in [4.69, 9.17) is 27.9 Å². The summed E-state index contributed by atoms with van der Waals surface area (Å²) in [7, 11) is 0. The van der Waals surface area contributed by atoms with Crippen LogP contribution in [0.1, 0.15) is 19.4 Å². The third kappa shape index (κ3) is 5.24. The van der Waals surface area contributed by atoms with Gasteiger partial charge in [0.2, 0.25) is 0 Å². The molecule has 0 fully saturated rings. The van der Waals surface area contributed by atoms with Crippen LogP contribution in [-0.4, -0.2) is 6.54 Å². The van der Waals surface area contributed by atoms with Gasteiger partial charge in [0.25, 0.3) is 0 Å². The molecule has 1 N–H and O–H groups in total. The molecular formula is C17H19Cl2NO. The molecule has 2 rings (SSSR count). The fourth-order valence-corrected chi connectivity index (χ4v) is 2.31. The first kappa shape index (κ1) is 16.2. The van der Waals surface area contributed by atoms with Gasteiger partial charge in [-0.05, 0) is 48.4 Å². The van der Waals surface area contributed by atoms with Crippen molar-refractivity contribution in [2.24, 2.45) is 5.92 Å². The molecule has 0 saturated heterocycles. The van der Waals surface area contributed by atoms with Gasteiger partial charge in [0.1, 0.15) is 11.5 Å².